The lowest BCUT2D eigenvalue weighted by Gasteiger charge is -2.21. The Kier molecular flexibility index (Phi) is 5.74. The van der Waals surface area contributed by atoms with E-state index in [-0.39, 0.29) is 18.4 Å². The predicted octanol–water partition coefficient (Wildman–Crippen LogP) is 0.774. The molecule has 1 amide bonds. The topological polar surface area (TPSA) is 85.2 Å². The number of anilines is 1. The van der Waals surface area contributed by atoms with E-state index in [2.05, 4.69) is 20.5 Å². The van der Waals surface area contributed by atoms with E-state index in [0.717, 1.165) is 32.4 Å². The molecule has 0 unspecified atom stereocenters. The maximum absolute atomic E-state index is 11.9. The maximum Gasteiger partial charge on any atom is 0.327 e. The van der Waals surface area contributed by atoms with Gasteiger partial charge in [0.2, 0.25) is 5.91 Å². The average Bonchev–Trinajstić information content (AvgIpc) is 2.93. The van der Waals surface area contributed by atoms with E-state index in [1.54, 1.807) is 12.3 Å². The van der Waals surface area contributed by atoms with Gasteiger partial charge in [-0.05, 0) is 38.3 Å². The van der Waals surface area contributed by atoms with E-state index in [9.17, 15) is 9.59 Å². The first-order valence-corrected chi connectivity index (χ1v) is 7.28. The van der Waals surface area contributed by atoms with E-state index in [1.165, 1.54) is 11.8 Å². The highest BCUT2D eigenvalue weighted by Crippen LogP contribution is 2.18. The summed E-state index contributed by atoms with van der Waals surface area (Å²) in [5.41, 5.74) is 0. The zero-order valence-electron chi connectivity index (χ0n) is 12.3. The SMILES string of the molecule is COC(=O)Cn1ccc(NC(=O)CCC2CCNCC2)n1. The summed E-state index contributed by atoms with van der Waals surface area (Å²) < 4.78 is 6.00. The van der Waals surface area contributed by atoms with Crippen molar-refractivity contribution in [1.82, 2.24) is 15.1 Å². The van der Waals surface area contributed by atoms with Crippen LogP contribution in [0.2, 0.25) is 0 Å². The van der Waals surface area contributed by atoms with Crippen LogP contribution in [-0.4, -0.2) is 41.9 Å². The van der Waals surface area contributed by atoms with Gasteiger partial charge in [0.15, 0.2) is 5.82 Å². The quantitative estimate of drug-likeness (QED) is 0.757. The minimum Gasteiger partial charge on any atom is -0.468 e. The molecule has 1 aliphatic heterocycles. The number of nitrogens with zero attached hydrogens (tertiary/aromatic N) is 2. The third-order valence-corrected chi connectivity index (χ3v) is 3.67. The van der Waals surface area contributed by atoms with Crippen molar-refractivity contribution in [3.05, 3.63) is 12.3 Å². The highest BCUT2D eigenvalue weighted by molar-refractivity contribution is 5.89. The summed E-state index contributed by atoms with van der Waals surface area (Å²) in [5, 5.41) is 10.2. The average molecular weight is 294 g/mol. The molecule has 7 nitrogen and oxygen atoms in total. The molecule has 2 heterocycles. The number of piperidine rings is 1. The largest absolute Gasteiger partial charge is 0.468 e. The molecule has 0 aromatic carbocycles. The molecule has 21 heavy (non-hydrogen) atoms. The van der Waals surface area contributed by atoms with Gasteiger partial charge in [-0.2, -0.15) is 5.10 Å². The van der Waals surface area contributed by atoms with Gasteiger partial charge >= 0.3 is 5.97 Å². The van der Waals surface area contributed by atoms with Gasteiger partial charge in [-0.15, -0.1) is 0 Å². The second kappa shape index (κ2) is 7.78. The number of hydrogen-bond acceptors (Lipinski definition) is 5. The summed E-state index contributed by atoms with van der Waals surface area (Å²) in [4.78, 5) is 23.0. The van der Waals surface area contributed by atoms with E-state index in [0.29, 0.717) is 18.2 Å². The number of hydrogen-bond donors (Lipinski definition) is 2. The van der Waals surface area contributed by atoms with Crippen molar-refractivity contribution in [2.75, 3.05) is 25.5 Å². The van der Waals surface area contributed by atoms with E-state index in [4.69, 9.17) is 0 Å². The van der Waals surface area contributed by atoms with Crippen molar-refractivity contribution >= 4 is 17.7 Å². The number of amides is 1. The summed E-state index contributed by atoms with van der Waals surface area (Å²) in [6.45, 7) is 2.13. The Hall–Kier alpha value is -1.89. The van der Waals surface area contributed by atoms with E-state index >= 15 is 0 Å². The maximum atomic E-state index is 11.9. The lowest BCUT2D eigenvalue weighted by atomic mass is 9.93. The molecule has 0 spiro atoms. The van der Waals surface area contributed by atoms with Crippen molar-refractivity contribution < 1.29 is 14.3 Å². The van der Waals surface area contributed by atoms with Gasteiger partial charge in [-0.25, -0.2) is 0 Å². The Morgan fingerprint density at radius 1 is 1.48 bits per heavy atom. The Morgan fingerprint density at radius 2 is 2.24 bits per heavy atom. The lowest BCUT2D eigenvalue weighted by Crippen LogP contribution is -2.28. The van der Waals surface area contributed by atoms with Gasteiger partial charge in [0.25, 0.3) is 0 Å². The first kappa shape index (κ1) is 15.5. The number of rotatable bonds is 6. The number of methoxy groups -OCH3 is 1. The van der Waals surface area contributed by atoms with Crippen molar-refractivity contribution in [1.29, 1.82) is 0 Å². The van der Waals surface area contributed by atoms with Crippen LogP contribution < -0.4 is 10.6 Å². The third kappa shape index (κ3) is 5.18. The minimum absolute atomic E-state index is 0.0307. The molecule has 0 atom stereocenters. The number of carbonyl (C=O) groups is 2. The summed E-state index contributed by atoms with van der Waals surface area (Å²) in [7, 11) is 1.33. The molecular weight excluding hydrogens is 272 g/mol. The molecule has 2 N–H and O–H groups in total. The van der Waals surface area contributed by atoms with Crippen LogP contribution in [0.4, 0.5) is 5.82 Å². The Morgan fingerprint density at radius 3 is 2.95 bits per heavy atom. The summed E-state index contributed by atoms with van der Waals surface area (Å²) in [6, 6.07) is 1.67. The normalized spacial score (nSPS) is 15.7. The number of esters is 1. The monoisotopic (exact) mass is 294 g/mol. The Labute approximate surface area is 124 Å². The van der Waals surface area contributed by atoms with Crippen LogP contribution in [-0.2, 0) is 20.9 Å². The van der Waals surface area contributed by atoms with Crippen LogP contribution in [0.3, 0.4) is 0 Å². The minimum atomic E-state index is -0.373. The molecule has 2 rings (SSSR count). The van der Waals surface area contributed by atoms with Crippen LogP contribution >= 0.6 is 0 Å². The van der Waals surface area contributed by atoms with Crippen LogP contribution in [0.25, 0.3) is 0 Å². The fraction of sp³-hybridized carbons (Fsp3) is 0.643. The highest BCUT2D eigenvalue weighted by Gasteiger charge is 2.15. The molecule has 0 bridgehead atoms. The zero-order chi connectivity index (χ0) is 15.1. The first-order valence-electron chi connectivity index (χ1n) is 7.28. The molecule has 7 heteroatoms. The van der Waals surface area contributed by atoms with Crippen molar-refractivity contribution in [3.63, 3.8) is 0 Å². The molecule has 1 fully saturated rings. The van der Waals surface area contributed by atoms with Gasteiger partial charge < -0.3 is 15.4 Å². The van der Waals surface area contributed by atoms with Gasteiger partial charge in [0.05, 0.1) is 7.11 Å². The zero-order valence-corrected chi connectivity index (χ0v) is 12.3. The second-order valence-electron chi connectivity index (χ2n) is 5.25. The molecule has 1 aromatic rings. The molecular formula is C14H22N4O3. The number of aromatic nitrogens is 2. The van der Waals surface area contributed by atoms with E-state index in [1.807, 2.05) is 0 Å². The molecule has 1 saturated heterocycles. The third-order valence-electron chi connectivity index (χ3n) is 3.67. The van der Waals surface area contributed by atoms with Gasteiger partial charge in [-0.1, -0.05) is 0 Å². The van der Waals surface area contributed by atoms with Gasteiger partial charge in [0.1, 0.15) is 6.54 Å². The molecule has 116 valence electrons. The summed E-state index contributed by atoms with van der Waals surface area (Å²) in [6.07, 6.45) is 5.34. The highest BCUT2D eigenvalue weighted by atomic mass is 16.5. The Balaban J connectivity index is 1.73. The van der Waals surface area contributed by atoms with Crippen molar-refractivity contribution in [2.24, 2.45) is 5.92 Å². The fourth-order valence-electron chi connectivity index (χ4n) is 2.42. The van der Waals surface area contributed by atoms with Gasteiger partial charge in [-0.3, -0.25) is 14.3 Å². The molecule has 0 radical (unpaired) electrons. The van der Waals surface area contributed by atoms with E-state index < -0.39 is 0 Å². The second-order valence-corrected chi connectivity index (χ2v) is 5.25. The molecule has 1 aromatic heterocycles. The first-order chi connectivity index (χ1) is 10.2. The number of nitrogens with one attached hydrogen (secondary N) is 2. The van der Waals surface area contributed by atoms with Crippen LogP contribution in [0.1, 0.15) is 25.7 Å². The predicted molar refractivity (Wildman–Crippen MR) is 77.7 cm³/mol. The molecule has 1 aliphatic rings. The van der Waals surface area contributed by atoms with Crippen LogP contribution in [0, 0.1) is 5.92 Å². The standard InChI is InChI=1S/C14H22N4O3/c1-21-14(20)10-18-9-6-12(17-18)16-13(19)3-2-11-4-7-15-8-5-11/h6,9,11,15H,2-5,7-8,10H2,1H3,(H,16,17,19). The molecule has 0 aliphatic carbocycles. The number of carbonyl (C=O) groups excluding carboxylic acids is 2. The lowest BCUT2D eigenvalue weighted by molar-refractivity contribution is -0.141. The number of ether oxygens (including phenoxy) is 1. The van der Waals surface area contributed by atoms with Crippen molar-refractivity contribution in [2.45, 2.75) is 32.2 Å². The molecule has 0 saturated carbocycles. The van der Waals surface area contributed by atoms with Crippen LogP contribution in [0.15, 0.2) is 12.3 Å². The summed E-state index contributed by atoms with van der Waals surface area (Å²) >= 11 is 0. The Bertz CT molecular complexity index is 480. The van der Waals surface area contributed by atoms with Gasteiger partial charge in [0, 0.05) is 18.7 Å². The summed E-state index contributed by atoms with van der Waals surface area (Å²) in [5.74, 6) is 0.696. The fourth-order valence-corrected chi connectivity index (χ4v) is 2.42. The smallest absolute Gasteiger partial charge is 0.327 e. The van der Waals surface area contributed by atoms with Crippen molar-refractivity contribution in [3.8, 4) is 0 Å². The van der Waals surface area contributed by atoms with Crippen LogP contribution in [0.5, 0.6) is 0 Å².